The number of aromatic nitrogens is 1. The summed E-state index contributed by atoms with van der Waals surface area (Å²) in [5, 5.41) is 9.17. The van der Waals surface area contributed by atoms with E-state index < -0.39 is 0 Å². The van der Waals surface area contributed by atoms with Gasteiger partial charge in [0.2, 0.25) is 5.91 Å². The maximum Gasteiger partial charge on any atom is 0.289 e. The van der Waals surface area contributed by atoms with E-state index in [4.69, 9.17) is 9.52 Å². The summed E-state index contributed by atoms with van der Waals surface area (Å²) < 4.78 is 5.44. The van der Waals surface area contributed by atoms with Crippen LogP contribution in [0.1, 0.15) is 47.7 Å². The number of carbonyl (C=O) groups excluding carboxylic acids is 2. The summed E-state index contributed by atoms with van der Waals surface area (Å²) in [6, 6.07) is 9.09. The largest absolute Gasteiger partial charge is 0.453 e. The van der Waals surface area contributed by atoms with Gasteiger partial charge in [-0.1, -0.05) is 6.07 Å². The van der Waals surface area contributed by atoms with E-state index in [1.807, 2.05) is 28.0 Å². The molecule has 2 fully saturated rings. The SMILES string of the molecule is O=C1CC[C@@]2(CCCN(C(=O)c3ccc(CO)o3)C2)CN1CCc1ccccn1. The Labute approximate surface area is 170 Å². The topological polar surface area (TPSA) is 86.9 Å². The van der Waals surface area contributed by atoms with Crippen molar-refractivity contribution in [3.8, 4) is 0 Å². The zero-order valence-electron chi connectivity index (χ0n) is 16.5. The third-order valence-corrected chi connectivity index (χ3v) is 6.09. The average Bonchev–Trinajstić information content (AvgIpc) is 3.24. The highest BCUT2D eigenvalue weighted by atomic mass is 16.4. The maximum atomic E-state index is 12.9. The smallest absolute Gasteiger partial charge is 0.289 e. The minimum Gasteiger partial charge on any atom is -0.453 e. The van der Waals surface area contributed by atoms with Gasteiger partial charge >= 0.3 is 0 Å². The summed E-state index contributed by atoms with van der Waals surface area (Å²) in [5.41, 5.74) is 0.927. The molecule has 1 spiro atoms. The van der Waals surface area contributed by atoms with Gasteiger partial charge in [-0.15, -0.1) is 0 Å². The molecular formula is C22H27N3O4. The zero-order valence-corrected chi connectivity index (χ0v) is 16.5. The van der Waals surface area contributed by atoms with Crippen molar-refractivity contribution in [1.29, 1.82) is 0 Å². The molecule has 0 unspecified atom stereocenters. The van der Waals surface area contributed by atoms with Gasteiger partial charge in [-0.25, -0.2) is 0 Å². The van der Waals surface area contributed by atoms with Crippen molar-refractivity contribution < 1.29 is 19.1 Å². The standard InChI is InChI=1S/C22H27N3O4/c26-14-18-5-6-19(29-18)21(28)25-12-3-9-22(16-25)10-7-20(27)24(15-22)13-8-17-4-1-2-11-23-17/h1-2,4-6,11,26H,3,7-10,12-16H2/t22-/m0/s1. The summed E-state index contributed by atoms with van der Waals surface area (Å²) in [4.78, 5) is 33.5. The number of hydrogen-bond donors (Lipinski definition) is 1. The normalized spacial score (nSPS) is 22.3. The first-order valence-electron chi connectivity index (χ1n) is 10.3. The lowest BCUT2D eigenvalue weighted by molar-refractivity contribution is -0.138. The van der Waals surface area contributed by atoms with Gasteiger partial charge in [0, 0.05) is 56.3 Å². The summed E-state index contributed by atoms with van der Waals surface area (Å²) in [5.74, 6) is 0.711. The Morgan fingerprint density at radius 1 is 1.21 bits per heavy atom. The van der Waals surface area contributed by atoms with Gasteiger partial charge in [-0.05, 0) is 43.5 Å². The quantitative estimate of drug-likeness (QED) is 0.836. The van der Waals surface area contributed by atoms with Gasteiger partial charge in [0.05, 0.1) is 0 Å². The Morgan fingerprint density at radius 2 is 2.10 bits per heavy atom. The number of nitrogens with zero attached hydrogens (tertiary/aromatic N) is 3. The summed E-state index contributed by atoms with van der Waals surface area (Å²) in [6.07, 6.45) is 5.79. The first-order valence-corrected chi connectivity index (χ1v) is 10.3. The van der Waals surface area contributed by atoms with Gasteiger partial charge in [0.1, 0.15) is 12.4 Å². The number of hydrogen-bond acceptors (Lipinski definition) is 5. The Bertz CT molecular complexity index is 866. The highest BCUT2D eigenvalue weighted by Gasteiger charge is 2.43. The molecule has 2 saturated heterocycles. The fourth-order valence-electron chi connectivity index (χ4n) is 4.55. The lowest BCUT2D eigenvalue weighted by atomic mass is 9.73. The lowest BCUT2D eigenvalue weighted by Gasteiger charge is -2.48. The highest BCUT2D eigenvalue weighted by molar-refractivity contribution is 5.91. The van der Waals surface area contributed by atoms with E-state index in [0.29, 0.717) is 38.4 Å². The fourth-order valence-corrected chi connectivity index (χ4v) is 4.55. The molecule has 2 aromatic heterocycles. The van der Waals surface area contributed by atoms with E-state index in [2.05, 4.69) is 4.98 Å². The van der Waals surface area contributed by atoms with Crippen LogP contribution in [0.5, 0.6) is 0 Å². The predicted octanol–water partition coefficient (Wildman–Crippen LogP) is 2.25. The van der Waals surface area contributed by atoms with Crippen LogP contribution >= 0.6 is 0 Å². The molecule has 2 amide bonds. The molecule has 0 radical (unpaired) electrons. The molecule has 0 aromatic carbocycles. The molecular weight excluding hydrogens is 370 g/mol. The van der Waals surface area contributed by atoms with E-state index in [9.17, 15) is 9.59 Å². The molecule has 7 heteroatoms. The van der Waals surface area contributed by atoms with Crippen molar-refractivity contribution in [2.75, 3.05) is 26.2 Å². The van der Waals surface area contributed by atoms with E-state index in [1.54, 1.807) is 18.3 Å². The van der Waals surface area contributed by atoms with Crippen LogP contribution in [-0.2, 0) is 17.8 Å². The molecule has 0 bridgehead atoms. The number of aliphatic hydroxyl groups is 1. The second kappa shape index (κ2) is 8.37. The van der Waals surface area contributed by atoms with Gasteiger partial charge in [-0.2, -0.15) is 0 Å². The van der Waals surface area contributed by atoms with Crippen LogP contribution in [-0.4, -0.2) is 57.9 Å². The lowest BCUT2D eigenvalue weighted by Crippen LogP contribution is -2.55. The first-order chi connectivity index (χ1) is 14.1. The molecule has 1 atom stereocenters. The maximum absolute atomic E-state index is 12.9. The molecule has 4 heterocycles. The molecule has 29 heavy (non-hydrogen) atoms. The molecule has 0 aliphatic carbocycles. The van der Waals surface area contributed by atoms with Crippen molar-refractivity contribution in [2.45, 2.75) is 38.7 Å². The second-order valence-electron chi connectivity index (χ2n) is 8.14. The molecule has 2 aromatic rings. The molecule has 2 aliphatic rings. The predicted molar refractivity (Wildman–Crippen MR) is 106 cm³/mol. The minimum atomic E-state index is -0.218. The fraction of sp³-hybridized carbons (Fsp3) is 0.500. The van der Waals surface area contributed by atoms with Crippen molar-refractivity contribution in [3.63, 3.8) is 0 Å². The number of amides is 2. The van der Waals surface area contributed by atoms with E-state index >= 15 is 0 Å². The van der Waals surface area contributed by atoms with Crippen molar-refractivity contribution >= 4 is 11.8 Å². The molecule has 1 N–H and O–H groups in total. The molecule has 4 rings (SSSR count). The Hall–Kier alpha value is -2.67. The molecule has 7 nitrogen and oxygen atoms in total. The van der Waals surface area contributed by atoms with E-state index in [-0.39, 0.29) is 29.6 Å². The summed E-state index contributed by atoms with van der Waals surface area (Å²) in [6.45, 7) is 2.45. The van der Waals surface area contributed by atoms with Gasteiger partial charge in [-0.3, -0.25) is 14.6 Å². The number of piperidine rings is 2. The van der Waals surface area contributed by atoms with Crippen LogP contribution in [0, 0.1) is 5.41 Å². The monoisotopic (exact) mass is 397 g/mol. The van der Waals surface area contributed by atoms with Crippen LogP contribution in [0.3, 0.4) is 0 Å². The number of furan rings is 1. The third kappa shape index (κ3) is 4.34. The zero-order chi connectivity index (χ0) is 20.3. The van der Waals surface area contributed by atoms with E-state index in [0.717, 1.165) is 31.4 Å². The van der Waals surface area contributed by atoms with Crippen LogP contribution in [0.25, 0.3) is 0 Å². The van der Waals surface area contributed by atoms with Crippen LogP contribution in [0.4, 0.5) is 0 Å². The number of carbonyl (C=O) groups is 2. The van der Waals surface area contributed by atoms with Crippen LogP contribution < -0.4 is 0 Å². The Balaban J connectivity index is 1.42. The van der Waals surface area contributed by atoms with Gasteiger partial charge in [0.25, 0.3) is 5.91 Å². The van der Waals surface area contributed by atoms with Crippen molar-refractivity contribution in [3.05, 3.63) is 53.7 Å². The van der Waals surface area contributed by atoms with Gasteiger partial charge in [0.15, 0.2) is 5.76 Å². The van der Waals surface area contributed by atoms with Crippen LogP contribution in [0.15, 0.2) is 40.9 Å². The number of rotatable bonds is 5. The van der Waals surface area contributed by atoms with Crippen LogP contribution in [0.2, 0.25) is 0 Å². The Kier molecular flexibility index (Phi) is 5.67. The first kappa shape index (κ1) is 19.6. The second-order valence-corrected chi connectivity index (χ2v) is 8.14. The summed E-state index contributed by atoms with van der Waals surface area (Å²) in [7, 11) is 0. The van der Waals surface area contributed by atoms with Crippen molar-refractivity contribution in [1.82, 2.24) is 14.8 Å². The highest BCUT2D eigenvalue weighted by Crippen LogP contribution is 2.39. The van der Waals surface area contributed by atoms with Crippen molar-refractivity contribution in [2.24, 2.45) is 5.41 Å². The number of likely N-dealkylation sites (tertiary alicyclic amines) is 2. The minimum absolute atomic E-state index is 0.0572. The molecule has 0 saturated carbocycles. The molecule has 154 valence electrons. The number of pyridine rings is 1. The average molecular weight is 397 g/mol. The number of aliphatic hydroxyl groups excluding tert-OH is 1. The summed E-state index contributed by atoms with van der Waals surface area (Å²) >= 11 is 0. The Morgan fingerprint density at radius 3 is 2.86 bits per heavy atom. The molecule has 2 aliphatic heterocycles. The van der Waals surface area contributed by atoms with E-state index in [1.165, 1.54) is 0 Å². The van der Waals surface area contributed by atoms with Gasteiger partial charge < -0.3 is 19.3 Å². The third-order valence-electron chi connectivity index (χ3n) is 6.09.